The summed E-state index contributed by atoms with van der Waals surface area (Å²) < 4.78 is 4.55. The van der Waals surface area contributed by atoms with Crippen molar-refractivity contribution in [1.82, 2.24) is 5.32 Å². The molecule has 1 fully saturated rings. The van der Waals surface area contributed by atoms with Crippen molar-refractivity contribution in [3.63, 3.8) is 0 Å². The number of nitro groups is 1. The second-order valence-corrected chi connectivity index (χ2v) is 4.64. The predicted molar refractivity (Wildman–Crippen MR) is 74.0 cm³/mol. The Morgan fingerprint density at radius 2 is 2.38 bits per heavy atom. The topological polar surface area (TPSA) is 108 Å². The fraction of sp³-hybridized carbons (Fsp3) is 0.385. The Hall–Kier alpha value is -2.82. The highest BCUT2D eigenvalue weighted by Gasteiger charge is 2.25. The van der Waals surface area contributed by atoms with Gasteiger partial charge in [-0.3, -0.25) is 10.1 Å². The summed E-state index contributed by atoms with van der Waals surface area (Å²) in [6, 6.07) is 6.23. The number of rotatable bonds is 3. The molecule has 1 saturated heterocycles. The molecule has 0 aliphatic carbocycles. The maximum Gasteiger partial charge on any atom is 0.407 e. The van der Waals surface area contributed by atoms with Crippen molar-refractivity contribution in [2.45, 2.75) is 12.5 Å². The van der Waals surface area contributed by atoms with E-state index in [0.717, 1.165) is 12.1 Å². The lowest BCUT2D eigenvalue weighted by molar-refractivity contribution is -0.385. The number of amides is 1. The molecular weight excluding hydrogens is 276 g/mol. The molecule has 0 spiro atoms. The minimum Gasteiger partial charge on any atom is -0.453 e. The Morgan fingerprint density at radius 3 is 3.00 bits per heavy atom. The molecule has 0 saturated carbocycles. The van der Waals surface area contributed by atoms with Crippen LogP contribution in [-0.4, -0.2) is 37.3 Å². The average molecular weight is 290 g/mol. The number of nitro benzene ring substituents is 1. The van der Waals surface area contributed by atoms with Crippen LogP contribution in [0.5, 0.6) is 0 Å². The van der Waals surface area contributed by atoms with Gasteiger partial charge in [-0.05, 0) is 18.6 Å². The molecule has 1 amide bonds. The van der Waals surface area contributed by atoms with Crippen LogP contribution in [0.25, 0.3) is 0 Å². The van der Waals surface area contributed by atoms with Crippen LogP contribution in [0.4, 0.5) is 16.2 Å². The van der Waals surface area contributed by atoms with E-state index in [4.69, 9.17) is 5.26 Å². The standard InChI is InChI=1S/C13H14N4O4/c1-21-13(18)15-10-4-5-16(8-10)11-2-3-12(17(19)20)9(6-11)7-14/h2-3,6,10H,4-5,8H2,1H3,(H,15,18). The molecule has 1 unspecified atom stereocenters. The van der Waals surface area contributed by atoms with Gasteiger partial charge in [0.15, 0.2) is 0 Å². The molecule has 1 aromatic rings. The van der Waals surface area contributed by atoms with Crippen molar-refractivity contribution in [1.29, 1.82) is 5.26 Å². The van der Waals surface area contributed by atoms with Gasteiger partial charge < -0.3 is 15.0 Å². The van der Waals surface area contributed by atoms with E-state index in [1.54, 1.807) is 6.07 Å². The number of ether oxygens (including phenoxy) is 1. The normalized spacial score (nSPS) is 17.1. The van der Waals surface area contributed by atoms with Crippen molar-refractivity contribution >= 4 is 17.5 Å². The number of methoxy groups -OCH3 is 1. The van der Waals surface area contributed by atoms with Crippen molar-refractivity contribution < 1.29 is 14.5 Å². The number of hydrogen-bond acceptors (Lipinski definition) is 6. The Labute approximate surface area is 121 Å². The number of carbonyl (C=O) groups is 1. The molecule has 0 bridgehead atoms. The monoisotopic (exact) mass is 290 g/mol. The smallest absolute Gasteiger partial charge is 0.407 e. The minimum absolute atomic E-state index is 0.0295. The first kappa shape index (κ1) is 14.6. The zero-order valence-electron chi connectivity index (χ0n) is 11.4. The van der Waals surface area contributed by atoms with Crippen molar-refractivity contribution in [3.05, 3.63) is 33.9 Å². The third kappa shape index (κ3) is 3.20. The van der Waals surface area contributed by atoms with Crippen LogP contribution in [-0.2, 0) is 4.74 Å². The second kappa shape index (κ2) is 6.09. The van der Waals surface area contributed by atoms with E-state index in [1.165, 1.54) is 19.2 Å². The number of nitrogens with one attached hydrogen (secondary N) is 1. The molecule has 1 atom stereocenters. The fourth-order valence-corrected chi connectivity index (χ4v) is 2.31. The van der Waals surface area contributed by atoms with Crippen LogP contribution in [0, 0.1) is 21.4 Å². The first-order valence-electron chi connectivity index (χ1n) is 6.33. The Morgan fingerprint density at radius 1 is 1.62 bits per heavy atom. The molecule has 8 nitrogen and oxygen atoms in total. The van der Waals surface area contributed by atoms with Crippen molar-refractivity contribution in [3.8, 4) is 6.07 Å². The molecule has 21 heavy (non-hydrogen) atoms. The van der Waals surface area contributed by atoms with E-state index in [2.05, 4.69) is 10.1 Å². The van der Waals surface area contributed by atoms with E-state index in [1.807, 2.05) is 11.0 Å². The largest absolute Gasteiger partial charge is 0.453 e. The molecule has 110 valence electrons. The summed E-state index contributed by atoms with van der Waals surface area (Å²) in [4.78, 5) is 23.3. The van der Waals surface area contributed by atoms with Gasteiger partial charge in [0.2, 0.25) is 0 Å². The number of benzene rings is 1. The number of nitrogens with zero attached hydrogens (tertiary/aromatic N) is 3. The molecule has 1 heterocycles. The van der Waals surface area contributed by atoms with Crippen LogP contribution in [0.15, 0.2) is 18.2 Å². The lowest BCUT2D eigenvalue weighted by Gasteiger charge is -2.19. The fourth-order valence-electron chi connectivity index (χ4n) is 2.31. The zero-order chi connectivity index (χ0) is 15.4. The van der Waals surface area contributed by atoms with Crippen LogP contribution in [0.2, 0.25) is 0 Å². The van der Waals surface area contributed by atoms with Gasteiger partial charge in [-0.1, -0.05) is 0 Å². The van der Waals surface area contributed by atoms with E-state index in [-0.39, 0.29) is 17.3 Å². The van der Waals surface area contributed by atoms with Crippen molar-refractivity contribution in [2.24, 2.45) is 0 Å². The first-order valence-corrected chi connectivity index (χ1v) is 6.33. The highest BCUT2D eigenvalue weighted by molar-refractivity contribution is 5.68. The van der Waals surface area contributed by atoms with Gasteiger partial charge in [-0.15, -0.1) is 0 Å². The van der Waals surface area contributed by atoms with E-state index in [0.29, 0.717) is 13.1 Å². The summed E-state index contributed by atoms with van der Waals surface area (Å²) in [6.45, 7) is 1.26. The van der Waals surface area contributed by atoms with Crippen LogP contribution >= 0.6 is 0 Å². The van der Waals surface area contributed by atoms with Crippen LogP contribution < -0.4 is 10.2 Å². The number of hydrogen-bond donors (Lipinski definition) is 1. The number of carbonyl (C=O) groups excluding carboxylic acids is 1. The van der Waals surface area contributed by atoms with Gasteiger partial charge in [0.25, 0.3) is 5.69 Å². The molecule has 1 aliphatic rings. The lowest BCUT2D eigenvalue weighted by Crippen LogP contribution is -2.36. The summed E-state index contributed by atoms with van der Waals surface area (Å²) >= 11 is 0. The third-order valence-corrected chi connectivity index (χ3v) is 3.36. The minimum atomic E-state index is -0.575. The van der Waals surface area contributed by atoms with Gasteiger partial charge in [-0.2, -0.15) is 5.26 Å². The molecule has 1 N–H and O–H groups in total. The van der Waals surface area contributed by atoms with Gasteiger partial charge in [0.05, 0.1) is 18.1 Å². The quantitative estimate of drug-likeness (QED) is 0.665. The van der Waals surface area contributed by atoms with Gasteiger partial charge in [0.1, 0.15) is 11.6 Å². The summed E-state index contributed by atoms with van der Waals surface area (Å²) in [5.74, 6) is 0. The summed E-state index contributed by atoms with van der Waals surface area (Å²) in [5, 5.41) is 22.5. The maximum absolute atomic E-state index is 11.2. The Bertz CT molecular complexity index is 611. The highest BCUT2D eigenvalue weighted by Crippen LogP contribution is 2.26. The summed E-state index contributed by atoms with van der Waals surface area (Å²) in [5.41, 5.74) is 0.554. The van der Waals surface area contributed by atoms with Gasteiger partial charge in [-0.25, -0.2) is 4.79 Å². The number of nitriles is 1. The number of alkyl carbamates (subject to hydrolysis) is 1. The van der Waals surface area contributed by atoms with E-state index < -0.39 is 11.0 Å². The molecule has 1 aromatic carbocycles. The number of anilines is 1. The molecule has 0 radical (unpaired) electrons. The van der Waals surface area contributed by atoms with Crippen LogP contribution in [0.1, 0.15) is 12.0 Å². The zero-order valence-corrected chi connectivity index (χ0v) is 11.4. The van der Waals surface area contributed by atoms with E-state index >= 15 is 0 Å². The Kier molecular flexibility index (Phi) is 4.23. The SMILES string of the molecule is COC(=O)NC1CCN(c2ccc([N+](=O)[O-])c(C#N)c2)C1. The molecule has 1 aliphatic heterocycles. The van der Waals surface area contributed by atoms with Crippen molar-refractivity contribution in [2.75, 3.05) is 25.1 Å². The van der Waals surface area contributed by atoms with Crippen LogP contribution in [0.3, 0.4) is 0 Å². The molecule has 0 aromatic heterocycles. The summed E-state index contributed by atoms with van der Waals surface area (Å²) in [6.07, 6.45) is 0.261. The first-order chi connectivity index (χ1) is 10.0. The summed E-state index contributed by atoms with van der Waals surface area (Å²) in [7, 11) is 1.30. The second-order valence-electron chi connectivity index (χ2n) is 4.64. The van der Waals surface area contributed by atoms with Gasteiger partial charge >= 0.3 is 6.09 Å². The highest BCUT2D eigenvalue weighted by atomic mass is 16.6. The average Bonchev–Trinajstić information content (AvgIpc) is 2.94. The maximum atomic E-state index is 11.2. The van der Waals surface area contributed by atoms with E-state index in [9.17, 15) is 14.9 Å². The molecule has 8 heteroatoms. The lowest BCUT2D eigenvalue weighted by atomic mass is 10.1. The Balaban J connectivity index is 2.12. The predicted octanol–water partition coefficient (Wildman–Crippen LogP) is 1.40. The third-order valence-electron chi connectivity index (χ3n) is 3.36. The molecule has 2 rings (SSSR count). The van der Waals surface area contributed by atoms with Gasteiger partial charge in [0, 0.05) is 24.8 Å². The molecular formula is C13H14N4O4.